The lowest BCUT2D eigenvalue weighted by Crippen LogP contribution is -2.57. The van der Waals surface area contributed by atoms with Gasteiger partial charge in [-0.15, -0.1) is 0 Å². The molecule has 1 aromatic rings. The molecule has 2 aliphatic rings. The minimum Gasteiger partial charge on any atom is -0.469 e. The second kappa shape index (κ2) is 8.23. The van der Waals surface area contributed by atoms with Crippen molar-refractivity contribution in [2.45, 2.75) is 48.6 Å². The van der Waals surface area contributed by atoms with Crippen molar-refractivity contribution in [1.29, 1.82) is 0 Å². The predicted molar refractivity (Wildman–Crippen MR) is 92.2 cm³/mol. The molecule has 3 heterocycles. The highest BCUT2D eigenvalue weighted by molar-refractivity contribution is 7.89. The SMILES string of the molecule is COC(=O)C[C@H]1CC[C@H]2[C@@H](COC[C@@H](O)CN2S(=O)(=O)c2cn(C)cn2)O1. The summed E-state index contributed by atoms with van der Waals surface area (Å²) < 4.78 is 45.2. The number of β-amino-alcohol motifs (C(OH)–C–C–N with tert-alkyl or cyclic N) is 1. The highest BCUT2D eigenvalue weighted by atomic mass is 32.2. The Balaban J connectivity index is 1.84. The van der Waals surface area contributed by atoms with Crippen LogP contribution in [-0.2, 0) is 36.1 Å². The van der Waals surface area contributed by atoms with Crippen molar-refractivity contribution in [3.63, 3.8) is 0 Å². The van der Waals surface area contributed by atoms with Gasteiger partial charge < -0.3 is 23.9 Å². The van der Waals surface area contributed by atoms with Crippen LogP contribution in [0.1, 0.15) is 19.3 Å². The number of aliphatic hydroxyl groups excluding tert-OH is 1. The molecule has 2 fully saturated rings. The first kappa shape index (κ1) is 20.2. The van der Waals surface area contributed by atoms with E-state index in [0.29, 0.717) is 12.8 Å². The zero-order chi connectivity index (χ0) is 19.6. The number of imidazole rings is 1. The number of methoxy groups -OCH3 is 1. The van der Waals surface area contributed by atoms with Crippen molar-refractivity contribution in [3.05, 3.63) is 12.5 Å². The molecule has 0 aromatic carbocycles. The topological polar surface area (TPSA) is 120 Å². The average molecular weight is 403 g/mol. The average Bonchev–Trinajstić information content (AvgIpc) is 3.06. The largest absolute Gasteiger partial charge is 0.469 e. The number of carbonyl (C=O) groups is 1. The second-order valence-corrected chi connectivity index (χ2v) is 8.70. The third-order valence-electron chi connectivity index (χ3n) is 4.81. The van der Waals surface area contributed by atoms with Crippen LogP contribution in [0.3, 0.4) is 0 Å². The zero-order valence-electron chi connectivity index (χ0n) is 15.4. The second-order valence-electron chi connectivity index (χ2n) is 6.86. The van der Waals surface area contributed by atoms with E-state index in [-0.39, 0.29) is 43.3 Å². The molecule has 2 saturated heterocycles. The molecule has 2 aliphatic heterocycles. The molecule has 0 spiro atoms. The Morgan fingerprint density at radius 2 is 2.19 bits per heavy atom. The Bertz CT molecular complexity index is 766. The van der Waals surface area contributed by atoms with E-state index in [1.807, 2.05) is 0 Å². The summed E-state index contributed by atoms with van der Waals surface area (Å²) >= 11 is 0. The van der Waals surface area contributed by atoms with Crippen LogP contribution in [0.4, 0.5) is 0 Å². The molecule has 0 radical (unpaired) electrons. The number of carbonyl (C=O) groups excluding carboxylic acids is 1. The van der Waals surface area contributed by atoms with E-state index in [0.717, 1.165) is 0 Å². The fourth-order valence-corrected chi connectivity index (χ4v) is 5.17. The number of sulfonamides is 1. The first-order chi connectivity index (χ1) is 12.8. The lowest BCUT2D eigenvalue weighted by molar-refractivity contribution is -0.157. The summed E-state index contributed by atoms with van der Waals surface area (Å²) in [6, 6.07) is -0.513. The Hall–Kier alpha value is -1.53. The third-order valence-corrected chi connectivity index (χ3v) is 6.59. The molecular formula is C16H25N3O7S. The van der Waals surface area contributed by atoms with E-state index < -0.39 is 28.3 Å². The van der Waals surface area contributed by atoms with Crippen molar-refractivity contribution in [2.75, 3.05) is 26.9 Å². The summed E-state index contributed by atoms with van der Waals surface area (Å²) in [4.78, 5) is 15.5. The van der Waals surface area contributed by atoms with Gasteiger partial charge in [-0.3, -0.25) is 4.79 Å². The molecule has 10 nitrogen and oxygen atoms in total. The number of fused-ring (bicyclic) bond motifs is 1. The molecule has 3 rings (SSSR count). The summed E-state index contributed by atoms with van der Waals surface area (Å²) in [5, 5.41) is 10.1. The van der Waals surface area contributed by atoms with Crippen molar-refractivity contribution in [2.24, 2.45) is 7.05 Å². The number of aromatic nitrogens is 2. The van der Waals surface area contributed by atoms with E-state index in [1.165, 1.54) is 23.9 Å². The van der Waals surface area contributed by atoms with E-state index in [4.69, 9.17) is 9.47 Å². The first-order valence-corrected chi connectivity index (χ1v) is 10.2. The minimum absolute atomic E-state index is 0.00247. The van der Waals surface area contributed by atoms with Gasteiger partial charge in [0.2, 0.25) is 0 Å². The molecule has 1 N–H and O–H groups in total. The molecule has 0 unspecified atom stereocenters. The smallest absolute Gasteiger partial charge is 0.308 e. The van der Waals surface area contributed by atoms with Crippen LogP contribution >= 0.6 is 0 Å². The van der Waals surface area contributed by atoms with Gasteiger partial charge in [-0.1, -0.05) is 0 Å². The number of hydrogen-bond donors (Lipinski definition) is 1. The Labute approximate surface area is 158 Å². The highest BCUT2D eigenvalue weighted by Crippen LogP contribution is 2.31. The van der Waals surface area contributed by atoms with Gasteiger partial charge in [-0.25, -0.2) is 13.4 Å². The summed E-state index contributed by atoms with van der Waals surface area (Å²) in [6.07, 6.45) is 2.08. The van der Waals surface area contributed by atoms with Gasteiger partial charge in [0.05, 0.1) is 57.4 Å². The van der Waals surface area contributed by atoms with Gasteiger partial charge in [-0.05, 0) is 12.8 Å². The van der Waals surface area contributed by atoms with Gasteiger partial charge >= 0.3 is 5.97 Å². The van der Waals surface area contributed by atoms with Crippen LogP contribution in [-0.4, -0.2) is 84.6 Å². The fraction of sp³-hybridized carbons (Fsp3) is 0.750. The number of esters is 1. The Morgan fingerprint density at radius 3 is 2.85 bits per heavy atom. The number of ether oxygens (including phenoxy) is 3. The Morgan fingerprint density at radius 1 is 1.41 bits per heavy atom. The van der Waals surface area contributed by atoms with Crippen LogP contribution in [0, 0.1) is 0 Å². The standard InChI is InChI=1S/C16H25N3O7S/c1-18-7-15(17-10-18)27(22,23)19-6-11(20)8-25-9-14-13(19)4-3-12(26-14)5-16(21)24-2/h7,10-14,20H,3-6,8-9H2,1-2H3/t11-,12+,13-,14+/m0/s1. The molecule has 11 heteroatoms. The number of hydrogen-bond acceptors (Lipinski definition) is 8. The van der Waals surface area contributed by atoms with Gasteiger partial charge in [-0.2, -0.15) is 4.31 Å². The molecule has 0 amide bonds. The molecule has 1 aromatic heterocycles. The highest BCUT2D eigenvalue weighted by Gasteiger charge is 2.43. The van der Waals surface area contributed by atoms with E-state index in [2.05, 4.69) is 9.72 Å². The maximum Gasteiger partial charge on any atom is 0.308 e. The van der Waals surface area contributed by atoms with Crippen LogP contribution in [0.15, 0.2) is 17.6 Å². The van der Waals surface area contributed by atoms with Gasteiger partial charge in [0.1, 0.15) is 0 Å². The van der Waals surface area contributed by atoms with Crippen LogP contribution in [0.5, 0.6) is 0 Å². The maximum absolute atomic E-state index is 13.1. The summed E-state index contributed by atoms with van der Waals surface area (Å²) in [5.41, 5.74) is 0. The summed E-state index contributed by atoms with van der Waals surface area (Å²) in [5.74, 6) is -0.376. The van der Waals surface area contributed by atoms with E-state index in [1.54, 1.807) is 11.6 Å². The number of nitrogens with zero attached hydrogens (tertiary/aromatic N) is 3. The monoisotopic (exact) mass is 403 g/mol. The number of aryl methyl sites for hydroxylation is 1. The lowest BCUT2D eigenvalue weighted by Gasteiger charge is -2.43. The zero-order valence-corrected chi connectivity index (χ0v) is 16.2. The van der Waals surface area contributed by atoms with Crippen LogP contribution < -0.4 is 0 Å². The van der Waals surface area contributed by atoms with Crippen LogP contribution in [0.25, 0.3) is 0 Å². The normalized spacial score (nSPS) is 30.2. The number of rotatable bonds is 4. The fourth-order valence-electron chi connectivity index (χ4n) is 3.48. The van der Waals surface area contributed by atoms with Gasteiger partial charge in [0.25, 0.3) is 10.0 Å². The molecule has 0 aliphatic carbocycles. The van der Waals surface area contributed by atoms with Crippen molar-refractivity contribution in [3.8, 4) is 0 Å². The van der Waals surface area contributed by atoms with Crippen LogP contribution in [0.2, 0.25) is 0 Å². The Kier molecular flexibility index (Phi) is 6.16. The quantitative estimate of drug-likeness (QED) is 0.654. The summed E-state index contributed by atoms with van der Waals surface area (Å²) in [6.45, 7) is 0.0290. The van der Waals surface area contributed by atoms with Gasteiger partial charge in [0, 0.05) is 19.8 Å². The number of aliphatic hydroxyl groups is 1. The van der Waals surface area contributed by atoms with Crippen molar-refractivity contribution >= 4 is 16.0 Å². The molecule has 4 atom stereocenters. The third kappa shape index (κ3) is 4.49. The predicted octanol–water partition coefficient (Wildman–Crippen LogP) is -0.719. The molecule has 27 heavy (non-hydrogen) atoms. The van der Waals surface area contributed by atoms with Crippen molar-refractivity contribution in [1.82, 2.24) is 13.9 Å². The molecule has 0 bridgehead atoms. The molecule has 0 saturated carbocycles. The van der Waals surface area contributed by atoms with E-state index >= 15 is 0 Å². The maximum atomic E-state index is 13.1. The van der Waals surface area contributed by atoms with E-state index in [9.17, 15) is 18.3 Å². The molecular weight excluding hydrogens is 378 g/mol. The minimum atomic E-state index is -3.92. The van der Waals surface area contributed by atoms with Crippen molar-refractivity contribution < 1.29 is 32.5 Å². The van der Waals surface area contributed by atoms with Gasteiger partial charge in [0.15, 0.2) is 5.03 Å². The first-order valence-electron chi connectivity index (χ1n) is 8.79. The summed E-state index contributed by atoms with van der Waals surface area (Å²) in [7, 11) is -0.913. The molecule has 152 valence electrons. The lowest BCUT2D eigenvalue weighted by atomic mass is 9.96.